The fraction of sp³-hybridized carbons (Fsp3) is 0.382. The molecule has 1 spiro atoms. The first-order valence-corrected chi connectivity index (χ1v) is 13.9. The Morgan fingerprint density at radius 3 is 2.51 bits per heavy atom. The van der Waals surface area contributed by atoms with Crippen LogP contribution >= 0.6 is 0 Å². The van der Waals surface area contributed by atoms with Crippen molar-refractivity contribution in [2.45, 2.75) is 63.9 Å². The van der Waals surface area contributed by atoms with Gasteiger partial charge in [-0.3, -0.25) is 4.79 Å². The molecule has 7 heteroatoms. The topological polar surface area (TPSA) is 55.8 Å². The Morgan fingerprint density at radius 1 is 1.05 bits per heavy atom. The Hall–Kier alpha value is -3.92. The number of methoxy groups -OCH3 is 1. The van der Waals surface area contributed by atoms with Gasteiger partial charge < -0.3 is 14.6 Å². The molecular weight excluding hydrogens is 529 g/mol. The summed E-state index contributed by atoms with van der Waals surface area (Å²) in [5.74, 6) is 1.93. The molecule has 212 valence electrons. The lowest BCUT2D eigenvalue weighted by atomic mass is 9.65. The van der Waals surface area contributed by atoms with Gasteiger partial charge in [-0.1, -0.05) is 50.3 Å². The summed E-state index contributed by atoms with van der Waals surface area (Å²) in [6.45, 7) is 4.38. The molecular formula is C34H31F3O4. The van der Waals surface area contributed by atoms with Gasteiger partial charge in [0.2, 0.25) is 0 Å². The molecule has 0 heterocycles. The van der Waals surface area contributed by atoms with Gasteiger partial charge in [0, 0.05) is 17.2 Å². The van der Waals surface area contributed by atoms with Crippen molar-refractivity contribution in [3.8, 4) is 34.5 Å². The van der Waals surface area contributed by atoms with Crippen LogP contribution in [0.1, 0.15) is 67.7 Å². The molecule has 3 aliphatic carbocycles. The second-order valence-corrected chi connectivity index (χ2v) is 12.0. The monoisotopic (exact) mass is 560 g/mol. The molecule has 1 unspecified atom stereocenters. The number of hydrogen-bond donors (Lipinski definition) is 1. The number of hydrogen-bond acceptors (Lipinski definition) is 3. The van der Waals surface area contributed by atoms with Crippen molar-refractivity contribution in [1.29, 1.82) is 0 Å². The maximum Gasteiger partial charge on any atom is 0.320 e. The third-order valence-electron chi connectivity index (χ3n) is 9.29. The molecule has 1 N–H and O–H groups in total. The van der Waals surface area contributed by atoms with E-state index in [1.807, 2.05) is 12.1 Å². The number of ether oxygens (including phenoxy) is 2. The summed E-state index contributed by atoms with van der Waals surface area (Å²) < 4.78 is 57.2. The van der Waals surface area contributed by atoms with E-state index >= 15 is 13.2 Å². The lowest BCUT2D eigenvalue weighted by molar-refractivity contribution is -0.141. The number of rotatable bonds is 7. The molecule has 0 amide bonds. The van der Waals surface area contributed by atoms with Gasteiger partial charge in [0.05, 0.1) is 12.5 Å². The molecule has 0 aromatic heterocycles. The zero-order chi connectivity index (χ0) is 29.1. The van der Waals surface area contributed by atoms with Crippen LogP contribution in [-0.4, -0.2) is 18.2 Å². The Kier molecular flexibility index (Phi) is 6.56. The fourth-order valence-corrected chi connectivity index (χ4v) is 7.04. The van der Waals surface area contributed by atoms with E-state index in [0.717, 1.165) is 42.0 Å². The molecule has 3 aromatic rings. The molecule has 3 aromatic carbocycles. The van der Waals surface area contributed by atoms with Crippen LogP contribution < -0.4 is 9.47 Å². The van der Waals surface area contributed by atoms with Gasteiger partial charge in [-0.05, 0) is 77.5 Å². The Balaban J connectivity index is 1.36. The van der Waals surface area contributed by atoms with Gasteiger partial charge in [-0.25, -0.2) is 13.2 Å². The third-order valence-corrected chi connectivity index (χ3v) is 9.29. The van der Waals surface area contributed by atoms with E-state index in [1.54, 1.807) is 25.3 Å². The predicted octanol–water partition coefficient (Wildman–Crippen LogP) is 7.55. The third kappa shape index (κ3) is 4.36. The van der Waals surface area contributed by atoms with E-state index in [0.29, 0.717) is 11.3 Å². The highest BCUT2D eigenvalue weighted by Crippen LogP contribution is 2.53. The van der Waals surface area contributed by atoms with Crippen molar-refractivity contribution in [2.24, 2.45) is 11.3 Å². The van der Waals surface area contributed by atoms with Crippen molar-refractivity contribution >= 4 is 5.97 Å². The summed E-state index contributed by atoms with van der Waals surface area (Å²) in [4.78, 5) is 11.7. The first kappa shape index (κ1) is 27.3. The summed E-state index contributed by atoms with van der Waals surface area (Å²) in [6.07, 6.45) is 3.53. The van der Waals surface area contributed by atoms with Crippen LogP contribution in [-0.2, 0) is 23.2 Å². The lowest BCUT2D eigenvalue weighted by Crippen LogP contribution is -2.42. The quantitative estimate of drug-likeness (QED) is 0.303. The summed E-state index contributed by atoms with van der Waals surface area (Å²) in [5.41, 5.74) is 1.88. The number of benzene rings is 3. The smallest absolute Gasteiger partial charge is 0.320 e. The average Bonchev–Trinajstić information content (AvgIpc) is 3.51. The van der Waals surface area contributed by atoms with Gasteiger partial charge >= 0.3 is 5.97 Å². The molecule has 41 heavy (non-hydrogen) atoms. The Labute approximate surface area is 237 Å². The standard InChI is InChI=1S/C34H31F3O4/c1-33(2)12-4-5-25(33)23-15-19(6-8-21(23)24-16-20(40-3)7-9-27(24)35)18-41-29-17-28(36)22-10-13-34(30(22)31(29)37)14-11-26(34)32(38)39/h6-9,15-17,25-26H,4-5,10,12-13,18H2,1-3H3,(H,38,39)/t25-,26-,34?/m1/s1. The number of carboxylic acids is 1. The molecule has 0 saturated heterocycles. The van der Waals surface area contributed by atoms with Crippen LogP contribution in [0, 0.1) is 40.6 Å². The summed E-state index contributed by atoms with van der Waals surface area (Å²) in [5, 5.41) is 9.59. The second kappa shape index (κ2) is 9.87. The van der Waals surface area contributed by atoms with E-state index in [4.69, 9.17) is 9.47 Å². The average molecular weight is 561 g/mol. The lowest BCUT2D eigenvalue weighted by Gasteiger charge is -2.34. The number of carbonyl (C=O) groups is 1. The molecule has 6 rings (SSSR count). The normalized spacial score (nSPS) is 23.5. The van der Waals surface area contributed by atoms with Crippen LogP contribution in [0.15, 0.2) is 42.5 Å². The zero-order valence-corrected chi connectivity index (χ0v) is 23.2. The highest BCUT2D eigenvalue weighted by Gasteiger charge is 2.54. The van der Waals surface area contributed by atoms with Crippen LogP contribution in [0.4, 0.5) is 13.2 Å². The summed E-state index contributed by atoms with van der Waals surface area (Å²) in [7, 11) is 1.54. The van der Waals surface area contributed by atoms with Crippen molar-refractivity contribution in [3.05, 3.63) is 82.2 Å². The van der Waals surface area contributed by atoms with E-state index in [-0.39, 0.29) is 53.5 Å². The molecule has 0 bridgehead atoms. The molecule has 0 radical (unpaired) electrons. The number of halogens is 3. The first-order valence-electron chi connectivity index (χ1n) is 13.9. The number of carboxylic acid groups (broad SMARTS) is 1. The van der Waals surface area contributed by atoms with Crippen molar-refractivity contribution < 1.29 is 32.5 Å². The SMILES string of the molecule is COc1ccc(F)c(-c2ccc(COc3cc(F)c4c(c3F)C3(C#C[C@@H]3C(=O)O)CC4)cc2[C@H]2CCCC2(C)C)c1. The maximum atomic E-state index is 15.8. The molecule has 3 atom stereocenters. The minimum atomic E-state index is -1.23. The zero-order valence-electron chi connectivity index (χ0n) is 23.2. The number of fused-ring (bicyclic) bond motifs is 2. The summed E-state index contributed by atoms with van der Waals surface area (Å²) in [6, 6.07) is 11.4. The molecule has 3 aliphatic rings. The van der Waals surface area contributed by atoms with Crippen molar-refractivity contribution in [1.82, 2.24) is 0 Å². The molecule has 1 saturated carbocycles. The van der Waals surface area contributed by atoms with Gasteiger partial charge in [-0.2, -0.15) is 0 Å². The van der Waals surface area contributed by atoms with E-state index < -0.39 is 28.9 Å². The van der Waals surface area contributed by atoms with Crippen molar-refractivity contribution in [3.63, 3.8) is 0 Å². The Bertz CT molecular complexity index is 1630. The van der Waals surface area contributed by atoms with Crippen LogP contribution in [0.25, 0.3) is 11.1 Å². The minimum absolute atomic E-state index is 0.00238. The van der Waals surface area contributed by atoms with Gasteiger partial charge in [0.1, 0.15) is 29.9 Å². The predicted molar refractivity (Wildman–Crippen MR) is 148 cm³/mol. The van der Waals surface area contributed by atoms with E-state index in [2.05, 4.69) is 25.7 Å². The summed E-state index contributed by atoms with van der Waals surface area (Å²) >= 11 is 0. The molecule has 0 aliphatic heterocycles. The maximum absolute atomic E-state index is 15.8. The highest BCUT2D eigenvalue weighted by atomic mass is 19.1. The van der Waals surface area contributed by atoms with Crippen LogP contribution in [0.3, 0.4) is 0 Å². The largest absolute Gasteiger partial charge is 0.497 e. The number of aliphatic carboxylic acids is 1. The van der Waals surface area contributed by atoms with Gasteiger partial charge in [-0.15, -0.1) is 0 Å². The molecule has 4 nitrogen and oxygen atoms in total. The Morgan fingerprint density at radius 2 is 1.85 bits per heavy atom. The first-order chi connectivity index (χ1) is 19.6. The van der Waals surface area contributed by atoms with Crippen LogP contribution in [0.2, 0.25) is 0 Å². The van der Waals surface area contributed by atoms with Crippen LogP contribution in [0.5, 0.6) is 11.5 Å². The highest BCUT2D eigenvalue weighted by molar-refractivity contribution is 5.82. The van der Waals surface area contributed by atoms with E-state index in [9.17, 15) is 9.90 Å². The minimum Gasteiger partial charge on any atom is -0.497 e. The van der Waals surface area contributed by atoms with Gasteiger partial charge in [0.15, 0.2) is 11.6 Å². The second-order valence-electron chi connectivity index (χ2n) is 12.0. The fourth-order valence-electron chi connectivity index (χ4n) is 7.04. The van der Waals surface area contributed by atoms with Crippen molar-refractivity contribution in [2.75, 3.05) is 7.11 Å². The van der Waals surface area contributed by atoms with E-state index in [1.165, 1.54) is 6.07 Å². The van der Waals surface area contributed by atoms with Gasteiger partial charge in [0.25, 0.3) is 0 Å². The molecule has 1 fully saturated rings.